The van der Waals surface area contributed by atoms with Gasteiger partial charge in [0.05, 0.1) is 14.2 Å². The van der Waals surface area contributed by atoms with Crippen LogP contribution in [0.15, 0.2) is 48.6 Å². The molecular weight excluding hydrogens is 296 g/mol. The summed E-state index contributed by atoms with van der Waals surface area (Å²) in [5, 5.41) is 0. The first-order valence-electron chi connectivity index (χ1n) is 8.55. The van der Waals surface area contributed by atoms with E-state index in [-0.39, 0.29) is 0 Å². The van der Waals surface area contributed by atoms with Crippen LogP contribution in [0.4, 0.5) is 0 Å². The zero-order valence-corrected chi connectivity index (χ0v) is 14.3. The fraction of sp³-hybridized carbons (Fsp3) is 0.273. The van der Waals surface area contributed by atoms with Gasteiger partial charge in [0.1, 0.15) is 11.5 Å². The Labute approximate surface area is 143 Å². The summed E-state index contributed by atoms with van der Waals surface area (Å²) < 4.78 is 10.9. The van der Waals surface area contributed by atoms with Crippen LogP contribution in [-0.4, -0.2) is 14.2 Å². The number of ether oxygens (including phenoxy) is 2. The first kappa shape index (κ1) is 15.1. The molecule has 0 atom stereocenters. The topological polar surface area (TPSA) is 18.5 Å². The number of fused-ring (bicyclic) bond motifs is 2. The van der Waals surface area contributed by atoms with E-state index in [1.165, 1.54) is 33.4 Å². The molecule has 122 valence electrons. The number of methoxy groups -OCH3 is 2. The van der Waals surface area contributed by atoms with Gasteiger partial charge in [0.25, 0.3) is 0 Å². The molecular formula is C22H22O2. The van der Waals surface area contributed by atoms with Crippen molar-refractivity contribution in [2.24, 2.45) is 0 Å². The van der Waals surface area contributed by atoms with Crippen molar-refractivity contribution in [2.45, 2.75) is 25.7 Å². The SMILES string of the molecule is COc1ccc2c(c1)C(C1=CCCc3ccc(OC)cc31)=CCC2. The molecule has 0 aromatic heterocycles. The zero-order chi connectivity index (χ0) is 16.5. The van der Waals surface area contributed by atoms with Crippen molar-refractivity contribution in [3.63, 3.8) is 0 Å². The third-order valence-corrected chi connectivity index (χ3v) is 5.03. The van der Waals surface area contributed by atoms with E-state index in [0.717, 1.165) is 37.2 Å². The van der Waals surface area contributed by atoms with Crippen LogP contribution in [0.1, 0.15) is 35.1 Å². The van der Waals surface area contributed by atoms with E-state index in [4.69, 9.17) is 9.47 Å². The molecule has 2 nitrogen and oxygen atoms in total. The maximum absolute atomic E-state index is 5.46. The van der Waals surface area contributed by atoms with Crippen LogP contribution in [-0.2, 0) is 12.8 Å². The van der Waals surface area contributed by atoms with E-state index in [2.05, 4.69) is 48.6 Å². The summed E-state index contributed by atoms with van der Waals surface area (Å²) in [5.41, 5.74) is 8.10. The number of rotatable bonds is 3. The van der Waals surface area contributed by atoms with E-state index in [9.17, 15) is 0 Å². The molecule has 2 aromatic carbocycles. The Hall–Kier alpha value is -2.48. The van der Waals surface area contributed by atoms with Crippen molar-refractivity contribution in [1.82, 2.24) is 0 Å². The molecule has 2 aliphatic rings. The minimum atomic E-state index is 0.920. The molecule has 0 amide bonds. The lowest BCUT2D eigenvalue weighted by atomic mass is 9.80. The Morgan fingerprint density at radius 1 is 0.667 bits per heavy atom. The van der Waals surface area contributed by atoms with Crippen LogP contribution in [0.25, 0.3) is 11.1 Å². The average Bonchev–Trinajstić information content (AvgIpc) is 2.66. The van der Waals surface area contributed by atoms with Gasteiger partial charge in [0.2, 0.25) is 0 Å². The van der Waals surface area contributed by atoms with Crippen molar-refractivity contribution in [3.8, 4) is 11.5 Å². The summed E-state index contributed by atoms with van der Waals surface area (Å²) in [7, 11) is 3.46. The molecule has 2 heteroatoms. The molecule has 0 spiro atoms. The second-order valence-corrected chi connectivity index (χ2v) is 6.36. The standard InChI is InChI=1S/C22H22O2/c1-23-17-11-9-15-5-3-7-19(21(15)13-17)20-8-4-6-16-10-12-18(24-2)14-22(16)20/h7-14H,3-6H2,1-2H3. The lowest BCUT2D eigenvalue weighted by Crippen LogP contribution is -2.06. The van der Waals surface area contributed by atoms with Crippen molar-refractivity contribution >= 4 is 11.1 Å². The average molecular weight is 318 g/mol. The summed E-state index contributed by atoms with van der Waals surface area (Å²) in [5.74, 6) is 1.84. The van der Waals surface area contributed by atoms with Gasteiger partial charge in [-0.2, -0.15) is 0 Å². The van der Waals surface area contributed by atoms with E-state index in [0.29, 0.717) is 0 Å². The van der Waals surface area contributed by atoms with E-state index in [1.54, 1.807) is 14.2 Å². The zero-order valence-electron chi connectivity index (χ0n) is 14.3. The molecule has 0 N–H and O–H groups in total. The molecule has 0 saturated carbocycles. The van der Waals surface area contributed by atoms with Crippen molar-refractivity contribution in [2.75, 3.05) is 14.2 Å². The maximum atomic E-state index is 5.46. The lowest BCUT2D eigenvalue weighted by Gasteiger charge is -2.25. The Kier molecular flexibility index (Phi) is 3.89. The molecule has 2 aromatic rings. The highest BCUT2D eigenvalue weighted by molar-refractivity contribution is 6.07. The number of hydrogen-bond donors (Lipinski definition) is 0. The van der Waals surface area contributed by atoms with E-state index < -0.39 is 0 Å². The van der Waals surface area contributed by atoms with Crippen LogP contribution in [0.3, 0.4) is 0 Å². The highest BCUT2D eigenvalue weighted by atomic mass is 16.5. The van der Waals surface area contributed by atoms with Gasteiger partial charge < -0.3 is 9.47 Å². The molecule has 0 bridgehead atoms. The van der Waals surface area contributed by atoms with Crippen LogP contribution < -0.4 is 9.47 Å². The van der Waals surface area contributed by atoms with Gasteiger partial charge in [-0.1, -0.05) is 24.3 Å². The van der Waals surface area contributed by atoms with E-state index >= 15 is 0 Å². The highest BCUT2D eigenvalue weighted by Gasteiger charge is 2.22. The first-order valence-corrected chi connectivity index (χ1v) is 8.55. The van der Waals surface area contributed by atoms with Gasteiger partial charge in [0.15, 0.2) is 0 Å². The molecule has 0 saturated heterocycles. The van der Waals surface area contributed by atoms with Crippen LogP contribution in [0.5, 0.6) is 11.5 Å². The summed E-state index contributed by atoms with van der Waals surface area (Å²) >= 11 is 0. The van der Waals surface area contributed by atoms with Crippen LogP contribution in [0.2, 0.25) is 0 Å². The van der Waals surface area contributed by atoms with Gasteiger partial charge in [-0.3, -0.25) is 0 Å². The monoisotopic (exact) mass is 318 g/mol. The second kappa shape index (κ2) is 6.20. The second-order valence-electron chi connectivity index (χ2n) is 6.36. The number of benzene rings is 2. The predicted molar refractivity (Wildman–Crippen MR) is 98.6 cm³/mol. The van der Waals surface area contributed by atoms with Gasteiger partial charge in [-0.15, -0.1) is 0 Å². The van der Waals surface area contributed by atoms with Crippen LogP contribution >= 0.6 is 0 Å². The molecule has 0 aliphatic heterocycles. The van der Waals surface area contributed by atoms with Gasteiger partial charge in [0, 0.05) is 0 Å². The Morgan fingerprint density at radius 3 is 1.54 bits per heavy atom. The van der Waals surface area contributed by atoms with Gasteiger partial charge in [-0.25, -0.2) is 0 Å². The van der Waals surface area contributed by atoms with E-state index in [1.807, 2.05) is 0 Å². The molecule has 0 fully saturated rings. The summed E-state index contributed by atoms with van der Waals surface area (Å²) in [6.45, 7) is 0. The Bertz CT molecular complexity index is 772. The number of allylic oxidation sites excluding steroid dienone is 4. The molecule has 2 aliphatic carbocycles. The fourth-order valence-corrected chi connectivity index (χ4v) is 3.78. The van der Waals surface area contributed by atoms with Crippen molar-refractivity contribution in [3.05, 3.63) is 70.8 Å². The normalized spacial score (nSPS) is 15.8. The largest absolute Gasteiger partial charge is 0.497 e. The minimum Gasteiger partial charge on any atom is -0.497 e. The van der Waals surface area contributed by atoms with Gasteiger partial charge >= 0.3 is 0 Å². The Morgan fingerprint density at radius 2 is 1.12 bits per heavy atom. The summed E-state index contributed by atoms with van der Waals surface area (Å²) in [4.78, 5) is 0. The maximum Gasteiger partial charge on any atom is 0.119 e. The molecule has 24 heavy (non-hydrogen) atoms. The van der Waals surface area contributed by atoms with Crippen molar-refractivity contribution in [1.29, 1.82) is 0 Å². The highest BCUT2D eigenvalue weighted by Crippen LogP contribution is 2.42. The minimum absolute atomic E-state index is 0.920. The number of aryl methyl sites for hydroxylation is 2. The summed E-state index contributed by atoms with van der Waals surface area (Å²) in [6.07, 6.45) is 9.13. The molecule has 4 rings (SSSR count). The molecule has 0 unspecified atom stereocenters. The summed E-state index contributed by atoms with van der Waals surface area (Å²) in [6, 6.07) is 12.9. The van der Waals surface area contributed by atoms with Gasteiger partial charge in [-0.05, 0) is 83.3 Å². The predicted octanol–water partition coefficient (Wildman–Crippen LogP) is 5.06. The van der Waals surface area contributed by atoms with Crippen LogP contribution in [0, 0.1) is 0 Å². The lowest BCUT2D eigenvalue weighted by molar-refractivity contribution is 0.414. The first-order chi connectivity index (χ1) is 11.8. The third kappa shape index (κ3) is 2.52. The van der Waals surface area contributed by atoms with Crippen molar-refractivity contribution < 1.29 is 9.47 Å². The third-order valence-electron chi connectivity index (χ3n) is 5.03. The smallest absolute Gasteiger partial charge is 0.119 e. The quantitative estimate of drug-likeness (QED) is 0.787. The fourth-order valence-electron chi connectivity index (χ4n) is 3.78. The molecule has 0 radical (unpaired) electrons. The molecule has 0 heterocycles. The number of hydrogen-bond acceptors (Lipinski definition) is 2. The Balaban J connectivity index is 1.84.